The van der Waals surface area contributed by atoms with E-state index in [9.17, 15) is 22.4 Å². The molecule has 0 aliphatic carbocycles. The minimum absolute atomic E-state index is 0.0767. The lowest BCUT2D eigenvalue weighted by Gasteiger charge is -2.33. The number of rotatable bonds is 12. The van der Waals surface area contributed by atoms with Gasteiger partial charge in [0.1, 0.15) is 18.4 Å². The number of nitrogens with zero attached hydrogens (tertiary/aromatic N) is 2. The molecule has 0 saturated carbocycles. The van der Waals surface area contributed by atoms with Gasteiger partial charge in [0.25, 0.3) is 10.0 Å². The summed E-state index contributed by atoms with van der Waals surface area (Å²) < 4.78 is 41.8. The van der Waals surface area contributed by atoms with Crippen LogP contribution in [0.25, 0.3) is 0 Å². The number of hydrogen-bond acceptors (Lipinski definition) is 4. The first-order chi connectivity index (χ1) is 18.2. The summed E-state index contributed by atoms with van der Waals surface area (Å²) in [4.78, 5) is 28.1. The van der Waals surface area contributed by atoms with Gasteiger partial charge in [0.15, 0.2) is 0 Å². The Hall–Kier alpha value is -3.43. The van der Waals surface area contributed by atoms with Crippen molar-refractivity contribution in [3.05, 3.63) is 95.3 Å². The van der Waals surface area contributed by atoms with E-state index in [0.717, 1.165) is 40.6 Å². The average Bonchev–Trinajstić information content (AvgIpc) is 2.92. The molecule has 1 atom stereocenters. The molecular formula is C28H31ClFN3O4S. The van der Waals surface area contributed by atoms with Crippen molar-refractivity contribution >= 4 is 39.1 Å². The summed E-state index contributed by atoms with van der Waals surface area (Å²) in [6, 6.07) is 18.7. The number of nitrogens with one attached hydrogen (secondary N) is 1. The second-order valence-corrected chi connectivity index (χ2v) is 11.0. The van der Waals surface area contributed by atoms with Gasteiger partial charge in [-0.1, -0.05) is 55.8 Å². The zero-order valence-electron chi connectivity index (χ0n) is 21.3. The molecule has 0 bridgehead atoms. The molecule has 10 heteroatoms. The van der Waals surface area contributed by atoms with Crippen LogP contribution in [0.15, 0.2) is 83.8 Å². The largest absolute Gasteiger partial charge is 0.354 e. The quantitative estimate of drug-likeness (QED) is 0.338. The molecule has 0 aliphatic rings. The predicted molar refractivity (Wildman–Crippen MR) is 147 cm³/mol. The van der Waals surface area contributed by atoms with Crippen LogP contribution in [0, 0.1) is 5.82 Å². The first kappa shape index (κ1) is 29.1. The lowest BCUT2D eigenvalue weighted by Crippen LogP contribution is -2.52. The van der Waals surface area contributed by atoms with Crippen LogP contribution in [-0.4, -0.2) is 44.3 Å². The minimum atomic E-state index is -4.24. The highest BCUT2D eigenvalue weighted by atomic mass is 35.5. The van der Waals surface area contributed by atoms with Gasteiger partial charge in [-0.3, -0.25) is 13.9 Å². The molecule has 0 saturated heterocycles. The molecule has 3 aromatic rings. The van der Waals surface area contributed by atoms with Gasteiger partial charge >= 0.3 is 0 Å². The van der Waals surface area contributed by atoms with E-state index in [1.807, 2.05) is 6.92 Å². The van der Waals surface area contributed by atoms with E-state index >= 15 is 0 Å². The number of carbonyl (C=O) groups is 2. The highest BCUT2D eigenvalue weighted by molar-refractivity contribution is 7.92. The number of sulfonamides is 1. The van der Waals surface area contributed by atoms with Crippen LogP contribution in [0.4, 0.5) is 10.1 Å². The zero-order chi connectivity index (χ0) is 27.7. The third kappa shape index (κ3) is 7.33. The number of hydrogen-bond donors (Lipinski definition) is 1. The summed E-state index contributed by atoms with van der Waals surface area (Å²) in [6.07, 6.45) is 1.05. The van der Waals surface area contributed by atoms with Gasteiger partial charge in [-0.05, 0) is 66.9 Å². The first-order valence-corrected chi connectivity index (χ1v) is 14.1. The number of benzene rings is 3. The Balaban J connectivity index is 2.01. The molecule has 0 unspecified atom stereocenters. The second kappa shape index (κ2) is 13.4. The van der Waals surface area contributed by atoms with E-state index < -0.39 is 34.3 Å². The van der Waals surface area contributed by atoms with Crippen molar-refractivity contribution in [2.24, 2.45) is 0 Å². The molecule has 0 spiro atoms. The molecule has 7 nitrogen and oxygen atoms in total. The Bertz CT molecular complexity index is 1320. The van der Waals surface area contributed by atoms with Crippen molar-refractivity contribution in [2.45, 2.75) is 44.2 Å². The maximum Gasteiger partial charge on any atom is 0.264 e. The van der Waals surface area contributed by atoms with Crippen molar-refractivity contribution in [3.8, 4) is 0 Å². The van der Waals surface area contributed by atoms with E-state index in [-0.39, 0.29) is 23.0 Å². The molecule has 0 aliphatic heterocycles. The van der Waals surface area contributed by atoms with Crippen LogP contribution in [0.1, 0.15) is 32.3 Å². The maximum atomic E-state index is 13.9. The normalized spacial score (nSPS) is 12.0. The third-order valence-corrected chi connectivity index (χ3v) is 7.97. The van der Waals surface area contributed by atoms with Crippen molar-refractivity contribution in [1.82, 2.24) is 10.2 Å². The zero-order valence-corrected chi connectivity index (χ0v) is 22.9. The lowest BCUT2D eigenvalue weighted by molar-refractivity contribution is -0.140. The average molecular weight is 560 g/mol. The van der Waals surface area contributed by atoms with Crippen LogP contribution in [0.2, 0.25) is 5.02 Å². The Labute approximate surface area is 228 Å². The van der Waals surface area contributed by atoms with E-state index in [0.29, 0.717) is 18.0 Å². The van der Waals surface area contributed by atoms with Crippen molar-refractivity contribution in [1.29, 1.82) is 0 Å². The molecule has 0 aromatic heterocycles. The molecule has 0 fully saturated rings. The van der Waals surface area contributed by atoms with E-state index in [1.165, 1.54) is 4.90 Å². The number of anilines is 1. The summed E-state index contributed by atoms with van der Waals surface area (Å²) in [5, 5.41) is 3.37. The van der Waals surface area contributed by atoms with Crippen LogP contribution in [-0.2, 0) is 26.2 Å². The Kier molecular flexibility index (Phi) is 10.3. The molecule has 1 N–H and O–H groups in total. The Morgan fingerprint density at radius 2 is 1.58 bits per heavy atom. The van der Waals surface area contributed by atoms with Crippen molar-refractivity contribution in [2.75, 3.05) is 17.4 Å². The smallest absolute Gasteiger partial charge is 0.264 e. The Morgan fingerprint density at radius 1 is 0.947 bits per heavy atom. The highest BCUT2D eigenvalue weighted by Crippen LogP contribution is 2.25. The third-order valence-electron chi connectivity index (χ3n) is 5.93. The Morgan fingerprint density at radius 3 is 2.16 bits per heavy atom. The van der Waals surface area contributed by atoms with E-state index in [1.54, 1.807) is 61.5 Å². The molecule has 0 radical (unpaired) electrons. The van der Waals surface area contributed by atoms with Crippen LogP contribution in [0.5, 0.6) is 0 Å². The van der Waals surface area contributed by atoms with Crippen molar-refractivity contribution < 1.29 is 22.4 Å². The molecule has 3 rings (SSSR count). The van der Waals surface area contributed by atoms with Gasteiger partial charge in [-0.2, -0.15) is 0 Å². The fraction of sp³-hybridized carbons (Fsp3) is 0.286. The topological polar surface area (TPSA) is 86.8 Å². The maximum absolute atomic E-state index is 13.9. The molecule has 0 heterocycles. The SMILES string of the molecule is CCCNC(=O)[C@H](CC)N(Cc1ccc(Cl)cc1)C(=O)CN(c1ccccc1)S(=O)(=O)c1ccc(F)cc1. The van der Waals surface area contributed by atoms with Crippen molar-refractivity contribution in [3.63, 3.8) is 0 Å². The van der Waals surface area contributed by atoms with Gasteiger partial charge in [0, 0.05) is 18.1 Å². The molecule has 3 aromatic carbocycles. The van der Waals surface area contributed by atoms with Gasteiger partial charge in [-0.15, -0.1) is 0 Å². The molecule has 2 amide bonds. The van der Waals surface area contributed by atoms with E-state index in [2.05, 4.69) is 5.32 Å². The van der Waals surface area contributed by atoms with Crippen LogP contribution in [0.3, 0.4) is 0 Å². The van der Waals surface area contributed by atoms with E-state index in [4.69, 9.17) is 11.6 Å². The van der Waals surface area contributed by atoms with Gasteiger partial charge < -0.3 is 10.2 Å². The highest BCUT2D eigenvalue weighted by Gasteiger charge is 2.33. The molecule has 38 heavy (non-hydrogen) atoms. The monoisotopic (exact) mass is 559 g/mol. The van der Waals surface area contributed by atoms with Gasteiger partial charge in [0.2, 0.25) is 11.8 Å². The molecular weight excluding hydrogens is 529 g/mol. The fourth-order valence-corrected chi connectivity index (χ4v) is 5.47. The molecule has 202 valence electrons. The number of para-hydroxylation sites is 1. The predicted octanol–water partition coefficient (Wildman–Crippen LogP) is 5.01. The summed E-state index contributed by atoms with van der Waals surface area (Å²) in [5.41, 5.74) is 0.997. The number of carbonyl (C=O) groups excluding carboxylic acids is 2. The summed E-state index contributed by atoms with van der Waals surface area (Å²) >= 11 is 6.02. The first-order valence-electron chi connectivity index (χ1n) is 12.3. The lowest BCUT2D eigenvalue weighted by atomic mass is 10.1. The van der Waals surface area contributed by atoms with Crippen LogP contribution < -0.4 is 9.62 Å². The summed E-state index contributed by atoms with van der Waals surface area (Å²) in [6.45, 7) is 3.69. The van der Waals surface area contributed by atoms with Crippen LogP contribution >= 0.6 is 11.6 Å². The number of halogens is 2. The standard InChI is InChI=1S/C28H31ClFN3O4S/c1-3-18-31-28(35)26(4-2)32(19-21-10-12-22(29)13-11-21)27(34)20-33(24-8-6-5-7-9-24)38(36,37)25-16-14-23(30)15-17-25/h5-17,26H,3-4,18-20H2,1-2H3,(H,31,35)/t26-/m0/s1. The minimum Gasteiger partial charge on any atom is -0.354 e. The van der Waals surface area contributed by atoms with Gasteiger partial charge in [-0.25, -0.2) is 12.8 Å². The summed E-state index contributed by atoms with van der Waals surface area (Å²) in [7, 11) is -4.24. The number of amides is 2. The second-order valence-electron chi connectivity index (χ2n) is 8.66. The summed E-state index contributed by atoms with van der Waals surface area (Å²) in [5.74, 6) is -1.46. The van der Waals surface area contributed by atoms with Gasteiger partial charge in [0.05, 0.1) is 10.6 Å². The fourth-order valence-electron chi connectivity index (χ4n) is 3.93.